The van der Waals surface area contributed by atoms with Crippen molar-refractivity contribution in [3.8, 4) is 0 Å². The van der Waals surface area contributed by atoms with Gasteiger partial charge in [0.05, 0.1) is 9.40 Å². The van der Waals surface area contributed by atoms with E-state index in [1.54, 1.807) is 5.57 Å². The molecule has 0 saturated heterocycles. The van der Waals surface area contributed by atoms with Crippen molar-refractivity contribution >= 4 is 57.8 Å². The van der Waals surface area contributed by atoms with Crippen LogP contribution < -0.4 is 0 Å². The zero-order chi connectivity index (χ0) is 21.8. The second kappa shape index (κ2) is 10.5. The third-order valence-electron chi connectivity index (χ3n) is 7.13. The van der Waals surface area contributed by atoms with Crippen LogP contribution >= 0.6 is 22.7 Å². The highest BCUT2D eigenvalue weighted by atomic mass is 32.1. The summed E-state index contributed by atoms with van der Waals surface area (Å²) in [7, 11) is 0. The van der Waals surface area contributed by atoms with Gasteiger partial charge in [-0.15, -0.1) is 22.7 Å². The Hall–Kier alpha value is -1.64. The summed E-state index contributed by atoms with van der Waals surface area (Å²) in [5.41, 5.74) is 4.53. The van der Waals surface area contributed by atoms with Gasteiger partial charge in [0.15, 0.2) is 0 Å². The molecular weight excluding hydrogens is 424 g/mol. The SMILES string of the molecule is CCCCCCCCCCc1ccc2c(c1)sc1c3ccc(C4=CCCCC4)cc3sc21. The van der Waals surface area contributed by atoms with Crippen LogP contribution in [0.4, 0.5) is 0 Å². The van der Waals surface area contributed by atoms with E-state index < -0.39 is 0 Å². The topological polar surface area (TPSA) is 0 Å². The molecule has 0 bridgehead atoms. The number of hydrogen-bond acceptors (Lipinski definition) is 2. The molecule has 0 amide bonds. The largest absolute Gasteiger partial charge is 0.134 e. The molecule has 0 unspecified atom stereocenters. The second-order valence-corrected chi connectivity index (χ2v) is 11.7. The van der Waals surface area contributed by atoms with Gasteiger partial charge in [0.2, 0.25) is 0 Å². The van der Waals surface area contributed by atoms with Crippen LogP contribution in [-0.4, -0.2) is 0 Å². The summed E-state index contributed by atoms with van der Waals surface area (Å²) >= 11 is 4.00. The Morgan fingerprint density at radius 1 is 0.719 bits per heavy atom. The van der Waals surface area contributed by atoms with Crippen molar-refractivity contribution in [2.45, 2.75) is 90.4 Å². The standard InChI is InChI=1S/C30H36S2/c1-2-3-4-5-6-7-8-10-13-22-16-18-25-27(20-22)31-30-26-19-17-24(21-28(26)32-29(25)30)23-14-11-9-12-15-23/h14,16-21H,2-13,15H2,1H3. The van der Waals surface area contributed by atoms with Crippen molar-refractivity contribution in [2.24, 2.45) is 0 Å². The van der Waals surface area contributed by atoms with Gasteiger partial charge in [0.25, 0.3) is 0 Å². The highest BCUT2D eigenvalue weighted by molar-refractivity contribution is 7.36. The molecule has 2 aromatic heterocycles. The summed E-state index contributed by atoms with van der Waals surface area (Å²) in [6, 6.07) is 14.5. The van der Waals surface area contributed by atoms with E-state index in [4.69, 9.17) is 0 Å². The van der Waals surface area contributed by atoms with Crippen LogP contribution in [0.2, 0.25) is 0 Å². The fourth-order valence-corrected chi connectivity index (χ4v) is 7.98. The molecule has 168 valence electrons. The number of hydrogen-bond donors (Lipinski definition) is 0. The van der Waals surface area contributed by atoms with Crippen LogP contribution in [-0.2, 0) is 6.42 Å². The minimum atomic E-state index is 1.23. The molecule has 0 nitrogen and oxygen atoms in total. The lowest BCUT2D eigenvalue weighted by molar-refractivity contribution is 0.575. The molecule has 4 aromatic rings. The van der Waals surface area contributed by atoms with Crippen molar-refractivity contribution in [3.63, 3.8) is 0 Å². The maximum absolute atomic E-state index is 2.47. The zero-order valence-corrected chi connectivity index (χ0v) is 21.2. The predicted molar refractivity (Wildman–Crippen MR) is 147 cm³/mol. The molecule has 0 aliphatic heterocycles. The molecule has 0 spiro atoms. The highest BCUT2D eigenvalue weighted by Crippen LogP contribution is 2.45. The van der Waals surface area contributed by atoms with Crippen LogP contribution in [0, 0.1) is 0 Å². The van der Waals surface area contributed by atoms with Gasteiger partial charge in [0.1, 0.15) is 0 Å². The van der Waals surface area contributed by atoms with Gasteiger partial charge < -0.3 is 0 Å². The summed E-state index contributed by atoms with van der Waals surface area (Å²) in [6.45, 7) is 2.29. The predicted octanol–water partition coefficient (Wildman–Crippen LogP) is 10.9. The molecule has 0 saturated carbocycles. The van der Waals surface area contributed by atoms with E-state index in [1.165, 1.54) is 124 Å². The van der Waals surface area contributed by atoms with Crippen LogP contribution in [0.3, 0.4) is 0 Å². The number of rotatable bonds is 10. The first-order valence-electron chi connectivity index (χ1n) is 12.9. The Balaban J connectivity index is 1.28. The minimum Gasteiger partial charge on any atom is -0.134 e. The number of fused-ring (bicyclic) bond motifs is 5. The van der Waals surface area contributed by atoms with Crippen molar-refractivity contribution in [1.82, 2.24) is 0 Å². The molecule has 2 heteroatoms. The van der Waals surface area contributed by atoms with Gasteiger partial charge in [-0.2, -0.15) is 0 Å². The van der Waals surface area contributed by atoms with Crippen molar-refractivity contribution in [1.29, 1.82) is 0 Å². The molecule has 0 N–H and O–H groups in total. The van der Waals surface area contributed by atoms with Crippen LogP contribution in [0.5, 0.6) is 0 Å². The average molecular weight is 461 g/mol. The van der Waals surface area contributed by atoms with E-state index in [-0.39, 0.29) is 0 Å². The summed E-state index contributed by atoms with van der Waals surface area (Å²) in [5.74, 6) is 0. The van der Waals surface area contributed by atoms with E-state index in [1.807, 2.05) is 22.7 Å². The Kier molecular flexibility index (Phi) is 7.29. The first kappa shape index (κ1) is 22.2. The van der Waals surface area contributed by atoms with Crippen molar-refractivity contribution in [3.05, 3.63) is 53.6 Å². The van der Waals surface area contributed by atoms with Gasteiger partial charge in [-0.05, 0) is 67.4 Å². The van der Waals surface area contributed by atoms with Gasteiger partial charge in [-0.3, -0.25) is 0 Å². The van der Waals surface area contributed by atoms with Crippen LogP contribution in [0.15, 0.2) is 42.5 Å². The fraction of sp³-hybridized carbons (Fsp3) is 0.467. The summed E-state index contributed by atoms with van der Waals surface area (Å²) in [4.78, 5) is 0. The normalized spacial score (nSPS) is 14.6. The molecule has 0 fully saturated rings. The monoisotopic (exact) mass is 460 g/mol. The lowest BCUT2D eigenvalue weighted by atomic mass is 9.93. The van der Waals surface area contributed by atoms with Crippen LogP contribution in [0.1, 0.15) is 95.1 Å². The molecule has 2 aromatic carbocycles. The van der Waals surface area contributed by atoms with E-state index in [2.05, 4.69) is 49.4 Å². The van der Waals surface area contributed by atoms with Crippen LogP contribution in [0.25, 0.3) is 35.1 Å². The molecule has 1 aliphatic carbocycles. The summed E-state index contributed by atoms with van der Waals surface area (Å²) in [6.07, 6.45) is 20.0. The zero-order valence-electron chi connectivity index (χ0n) is 19.6. The molecule has 5 rings (SSSR count). The van der Waals surface area contributed by atoms with E-state index in [9.17, 15) is 0 Å². The number of unbranched alkanes of at least 4 members (excludes halogenated alkanes) is 7. The van der Waals surface area contributed by atoms with Gasteiger partial charge >= 0.3 is 0 Å². The molecular formula is C30H36S2. The van der Waals surface area contributed by atoms with E-state index in [0.717, 1.165) is 0 Å². The maximum atomic E-state index is 2.47. The van der Waals surface area contributed by atoms with Gasteiger partial charge in [0, 0.05) is 20.2 Å². The average Bonchev–Trinajstić information content (AvgIpc) is 3.36. The second-order valence-electron chi connectivity index (χ2n) is 9.60. The van der Waals surface area contributed by atoms with Crippen molar-refractivity contribution in [2.75, 3.05) is 0 Å². The van der Waals surface area contributed by atoms with Gasteiger partial charge in [-0.25, -0.2) is 0 Å². The van der Waals surface area contributed by atoms with Crippen molar-refractivity contribution < 1.29 is 0 Å². The maximum Gasteiger partial charge on any atom is 0.0542 e. The Morgan fingerprint density at radius 2 is 1.41 bits per heavy atom. The number of thiophene rings is 2. The first-order chi connectivity index (χ1) is 15.8. The number of aryl methyl sites for hydroxylation is 1. The third-order valence-corrected chi connectivity index (χ3v) is 9.63. The van der Waals surface area contributed by atoms with Gasteiger partial charge in [-0.1, -0.05) is 82.2 Å². The smallest absolute Gasteiger partial charge is 0.0542 e. The summed E-state index contributed by atoms with van der Waals surface area (Å²) < 4.78 is 5.92. The summed E-state index contributed by atoms with van der Waals surface area (Å²) in [5, 5.41) is 2.92. The molecule has 2 heterocycles. The molecule has 32 heavy (non-hydrogen) atoms. The third kappa shape index (κ3) is 4.82. The Labute approximate surface area is 201 Å². The quantitative estimate of drug-likeness (QED) is 0.206. The Morgan fingerprint density at radius 3 is 2.12 bits per heavy atom. The lowest BCUT2D eigenvalue weighted by Gasteiger charge is -2.12. The van der Waals surface area contributed by atoms with E-state index >= 15 is 0 Å². The number of allylic oxidation sites excluding steroid dienone is 2. The molecule has 0 atom stereocenters. The fourth-order valence-electron chi connectivity index (χ4n) is 5.22. The first-order valence-corrected chi connectivity index (χ1v) is 14.5. The highest BCUT2D eigenvalue weighted by Gasteiger charge is 2.14. The molecule has 0 radical (unpaired) electrons. The lowest BCUT2D eigenvalue weighted by Crippen LogP contribution is -1.91. The molecule has 1 aliphatic rings. The number of benzene rings is 2. The minimum absolute atomic E-state index is 1.23. The van der Waals surface area contributed by atoms with E-state index in [0.29, 0.717) is 0 Å². The Bertz CT molecular complexity index is 1220.